The molecular formula is C11H11FN6O2S. The summed E-state index contributed by atoms with van der Waals surface area (Å²) >= 11 is 1.01. The number of halogens is 1. The Bertz CT molecular complexity index is 676. The normalized spacial score (nSPS) is 11.9. The molecule has 0 saturated carbocycles. The van der Waals surface area contributed by atoms with Crippen LogP contribution < -0.4 is 11.1 Å². The Labute approximate surface area is 122 Å². The van der Waals surface area contributed by atoms with E-state index in [2.05, 4.69) is 15.5 Å². The maximum atomic E-state index is 13.2. The maximum absolute atomic E-state index is 13.2. The lowest BCUT2D eigenvalue weighted by atomic mass is 10.3. The molecule has 0 aliphatic carbocycles. The molecule has 0 bridgehead atoms. The molecule has 1 aromatic carbocycles. The smallest absolute Gasteiger partial charge is 0.318 e. The largest absolute Gasteiger partial charge is 0.351 e. The Balaban J connectivity index is 2.17. The monoisotopic (exact) mass is 310 g/mol. The van der Waals surface area contributed by atoms with Crippen LogP contribution in [0.15, 0.2) is 29.4 Å². The van der Waals surface area contributed by atoms with Gasteiger partial charge in [0.15, 0.2) is 0 Å². The summed E-state index contributed by atoms with van der Waals surface area (Å²) in [6, 6.07) is 4.76. The molecule has 0 radical (unpaired) electrons. The average Bonchev–Trinajstić information content (AvgIpc) is 2.86. The highest BCUT2D eigenvalue weighted by Crippen LogP contribution is 2.23. The van der Waals surface area contributed by atoms with Crippen LogP contribution in [0.4, 0.5) is 9.18 Å². The van der Waals surface area contributed by atoms with Crippen LogP contribution >= 0.6 is 11.8 Å². The maximum Gasteiger partial charge on any atom is 0.318 e. The van der Waals surface area contributed by atoms with E-state index >= 15 is 0 Å². The number of amides is 3. The topological polar surface area (TPSA) is 116 Å². The summed E-state index contributed by atoms with van der Waals surface area (Å²) in [5, 5.41) is 12.6. The molecule has 0 unspecified atom stereocenters. The zero-order chi connectivity index (χ0) is 15.4. The Hall–Kier alpha value is -2.49. The van der Waals surface area contributed by atoms with Gasteiger partial charge >= 0.3 is 6.03 Å². The quantitative estimate of drug-likeness (QED) is 0.793. The number of tetrazole rings is 1. The molecule has 1 atom stereocenters. The lowest BCUT2D eigenvalue weighted by molar-refractivity contribution is -0.119. The first-order chi connectivity index (χ1) is 9.97. The van der Waals surface area contributed by atoms with Crippen molar-refractivity contribution in [3.05, 3.63) is 30.1 Å². The standard InChI is InChI=1S/C11H11FN6O2S/c1-6(9(19)14-10(13)20)21-11-15-16-17-18(11)8-4-2-3-7(12)5-8/h2-6H,1H3,(H3,13,14,19,20)/t6-/m1/s1. The first-order valence-corrected chi connectivity index (χ1v) is 6.66. The van der Waals surface area contributed by atoms with Gasteiger partial charge in [0.2, 0.25) is 11.1 Å². The van der Waals surface area contributed by atoms with Gasteiger partial charge in [-0.15, -0.1) is 5.10 Å². The molecule has 3 amide bonds. The molecule has 0 saturated heterocycles. The summed E-state index contributed by atoms with van der Waals surface area (Å²) in [5.74, 6) is -1.00. The minimum Gasteiger partial charge on any atom is -0.351 e. The molecule has 1 heterocycles. The van der Waals surface area contributed by atoms with Crippen molar-refractivity contribution in [1.29, 1.82) is 0 Å². The Kier molecular flexibility index (Phi) is 4.48. The van der Waals surface area contributed by atoms with Crippen molar-refractivity contribution in [2.45, 2.75) is 17.3 Å². The number of carbonyl (C=O) groups is 2. The van der Waals surface area contributed by atoms with Crippen LogP contribution in [-0.2, 0) is 4.79 Å². The molecule has 2 rings (SSSR count). The minimum absolute atomic E-state index is 0.285. The summed E-state index contributed by atoms with van der Waals surface area (Å²) in [7, 11) is 0. The van der Waals surface area contributed by atoms with Crippen molar-refractivity contribution in [3.63, 3.8) is 0 Å². The van der Waals surface area contributed by atoms with Crippen molar-refractivity contribution < 1.29 is 14.0 Å². The van der Waals surface area contributed by atoms with Crippen LogP contribution in [0.1, 0.15) is 6.92 Å². The van der Waals surface area contributed by atoms with E-state index in [1.54, 1.807) is 13.0 Å². The van der Waals surface area contributed by atoms with E-state index in [9.17, 15) is 14.0 Å². The molecule has 0 spiro atoms. The van der Waals surface area contributed by atoms with Gasteiger partial charge in [0, 0.05) is 0 Å². The van der Waals surface area contributed by atoms with Crippen molar-refractivity contribution in [3.8, 4) is 5.69 Å². The molecule has 0 aliphatic rings. The average molecular weight is 310 g/mol. The van der Waals surface area contributed by atoms with Gasteiger partial charge in [-0.25, -0.2) is 9.18 Å². The number of carbonyl (C=O) groups excluding carboxylic acids is 2. The van der Waals surface area contributed by atoms with Crippen molar-refractivity contribution >= 4 is 23.7 Å². The zero-order valence-corrected chi connectivity index (χ0v) is 11.7. The predicted octanol–water partition coefficient (Wildman–Crippen LogP) is 0.477. The van der Waals surface area contributed by atoms with Crippen LogP contribution in [0.2, 0.25) is 0 Å². The third-order valence-electron chi connectivity index (χ3n) is 2.39. The van der Waals surface area contributed by atoms with Crippen LogP contribution in [0.5, 0.6) is 0 Å². The van der Waals surface area contributed by atoms with Gasteiger partial charge in [-0.1, -0.05) is 17.8 Å². The van der Waals surface area contributed by atoms with Gasteiger partial charge in [0.1, 0.15) is 5.82 Å². The fourth-order valence-electron chi connectivity index (χ4n) is 1.46. The number of hydrogen-bond donors (Lipinski definition) is 2. The van der Waals surface area contributed by atoms with E-state index < -0.39 is 23.0 Å². The summed E-state index contributed by atoms with van der Waals surface area (Å²) in [6.07, 6.45) is 0. The second-order valence-electron chi connectivity index (χ2n) is 3.97. The number of nitrogens with zero attached hydrogens (tertiary/aromatic N) is 4. The lowest BCUT2D eigenvalue weighted by Gasteiger charge is -2.09. The number of hydrogen-bond acceptors (Lipinski definition) is 6. The summed E-state index contributed by atoms with van der Waals surface area (Å²) < 4.78 is 14.5. The van der Waals surface area contributed by atoms with Gasteiger partial charge < -0.3 is 5.73 Å². The number of benzene rings is 1. The van der Waals surface area contributed by atoms with Gasteiger partial charge in [-0.3, -0.25) is 10.1 Å². The van der Waals surface area contributed by atoms with E-state index in [-0.39, 0.29) is 5.16 Å². The summed E-state index contributed by atoms with van der Waals surface area (Å²) in [5.41, 5.74) is 5.30. The van der Waals surface area contributed by atoms with Crippen molar-refractivity contribution in [1.82, 2.24) is 25.5 Å². The highest BCUT2D eigenvalue weighted by molar-refractivity contribution is 8.00. The number of imide groups is 1. The summed E-state index contributed by atoms with van der Waals surface area (Å²) in [6.45, 7) is 1.56. The van der Waals surface area contributed by atoms with Gasteiger partial charge in [-0.2, -0.15) is 4.68 Å². The molecular weight excluding hydrogens is 299 g/mol. The first-order valence-electron chi connectivity index (χ1n) is 5.78. The van der Waals surface area contributed by atoms with Crippen LogP contribution in [0, 0.1) is 5.82 Å². The number of urea groups is 1. The Morgan fingerprint density at radius 2 is 2.24 bits per heavy atom. The van der Waals surface area contributed by atoms with E-state index in [0.29, 0.717) is 5.69 Å². The van der Waals surface area contributed by atoms with E-state index in [1.165, 1.54) is 22.9 Å². The van der Waals surface area contributed by atoms with E-state index in [4.69, 9.17) is 5.73 Å². The van der Waals surface area contributed by atoms with Crippen molar-refractivity contribution in [2.24, 2.45) is 5.73 Å². The van der Waals surface area contributed by atoms with Gasteiger partial charge in [-0.05, 0) is 35.5 Å². The van der Waals surface area contributed by atoms with Crippen LogP contribution in [0.25, 0.3) is 5.69 Å². The number of nitrogens with one attached hydrogen (secondary N) is 1. The number of nitrogens with two attached hydrogens (primary N) is 1. The molecule has 110 valence electrons. The van der Waals surface area contributed by atoms with Gasteiger partial charge in [0.05, 0.1) is 10.9 Å². The molecule has 1 aromatic heterocycles. The molecule has 0 aliphatic heterocycles. The molecule has 10 heteroatoms. The predicted molar refractivity (Wildman–Crippen MR) is 72.2 cm³/mol. The van der Waals surface area contributed by atoms with E-state index in [0.717, 1.165) is 11.8 Å². The number of rotatable bonds is 4. The third-order valence-corrected chi connectivity index (χ3v) is 3.42. The first kappa shape index (κ1) is 14.9. The number of aromatic nitrogens is 4. The SMILES string of the molecule is C[C@@H](Sc1nnnn1-c1cccc(F)c1)C(=O)NC(N)=O. The zero-order valence-electron chi connectivity index (χ0n) is 10.9. The van der Waals surface area contributed by atoms with E-state index in [1.807, 2.05) is 5.32 Å². The highest BCUT2D eigenvalue weighted by atomic mass is 32.2. The third kappa shape index (κ3) is 3.75. The Morgan fingerprint density at radius 1 is 1.48 bits per heavy atom. The number of primary amides is 1. The molecule has 3 N–H and O–H groups in total. The molecule has 8 nitrogen and oxygen atoms in total. The fraction of sp³-hybridized carbons (Fsp3) is 0.182. The fourth-order valence-corrected chi connectivity index (χ4v) is 2.26. The molecule has 0 fully saturated rings. The van der Waals surface area contributed by atoms with Crippen LogP contribution in [0.3, 0.4) is 0 Å². The second kappa shape index (κ2) is 6.31. The summed E-state index contributed by atoms with van der Waals surface area (Å²) in [4.78, 5) is 22.2. The van der Waals surface area contributed by atoms with Gasteiger partial charge in [0.25, 0.3) is 0 Å². The highest BCUT2D eigenvalue weighted by Gasteiger charge is 2.20. The van der Waals surface area contributed by atoms with Crippen molar-refractivity contribution in [2.75, 3.05) is 0 Å². The Morgan fingerprint density at radius 3 is 2.90 bits per heavy atom. The molecule has 21 heavy (non-hydrogen) atoms. The second-order valence-corrected chi connectivity index (χ2v) is 5.27. The minimum atomic E-state index is -0.933. The lowest BCUT2D eigenvalue weighted by Crippen LogP contribution is -2.39. The van der Waals surface area contributed by atoms with Crippen LogP contribution in [-0.4, -0.2) is 37.4 Å². The number of thioether (sulfide) groups is 1. The molecule has 2 aromatic rings.